The van der Waals surface area contributed by atoms with Crippen LogP contribution < -0.4 is 9.88 Å². The summed E-state index contributed by atoms with van der Waals surface area (Å²) in [4.78, 5) is 37.1. The third-order valence-electron chi connectivity index (χ3n) is 5.17. The summed E-state index contributed by atoms with van der Waals surface area (Å²) in [6.45, 7) is 5.67. The Morgan fingerprint density at radius 2 is 1.67 bits per heavy atom. The van der Waals surface area contributed by atoms with Gasteiger partial charge in [-0.15, -0.1) is 0 Å². The molecule has 0 saturated heterocycles. The summed E-state index contributed by atoms with van der Waals surface area (Å²) in [5.74, 6) is -2.11. The molecule has 1 N–H and O–H groups in total. The Bertz CT molecular complexity index is 1120. The van der Waals surface area contributed by atoms with Gasteiger partial charge in [0.25, 0.3) is 5.69 Å². The van der Waals surface area contributed by atoms with E-state index in [1.54, 1.807) is 26.8 Å². The summed E-state index contributed by atoms with van der Waals surface area (Å²) >= 11 is 0. The molecular formula is C24H26N3O6+. The van der Waals surface area contributed by atoms with Crippen LogP contribution in [-0.4, -0.2) is 30.1 Å². The standard InChI is InChI=1S/C24H25N3O6/c1-4-32-23(28)20-16(3)25-19(15-26-12-7-6-8-13-26)22(24(29)33-5-2)21(20)17-10-9-11-18(14-17)27(30)31/h6-14,21H,4-5,15H2,1-3H3/p+1. The zero-order valence-electron chi connectivity index (χ0n) is 18.7. The molecule has 2 aromatic rings. The van der Waals surface area contributed by atoms with Gasteiger partial charge in [-0.05, 0) is 26.3 Å². The average Bonchev–Trinajstić information content (AvgIpc) is 2.79. The molecule has 0 amide bonds. The van der Waals surface area contributed by atoms with E-state index in [-0.39, 0.29) is 30.0 Å². The monoisotopic (exact) mass is 452 g/mol. The molecule has 1 aliphatic heterocycles. The van der Waals surface area contributed by atoms with Crippen molar-refractivity contribution in [2.45, 2.75) is 33.2 Å². The number of carbonyl (C=O) groups is 2. The number of dihydropyridines is 1. The highest BCUT2D eigenvalue weighted by atomic mass is 16.6. The molecule has 0 radical (unpaired) electrons. The van der Waals surface area contributed by atoms with Crippen molar-refractivity contribution >= 4 is 17.6 Å². The summed E-state index contributed by atoms with van der Waals surface area (Å²) in [6.07, 6.45) is 3.69. The van der Waals surface area contributed by atoms with Crippen molar-refractivity contribution in [2.75, 3.05) is 13.2 Å². The Labute approximate surface area is 191 Å². The predicted octanol–water partition coefficient (Wildman–Crippen LogP) is 2.92. The summed E-state index contributed by atoms with van der Waals surface area (Å²) in [7, 11) is 0. The number of carbonyl (C=O) groups excluding carboxylic acids is 2. The van der Waals surface area contributed by atoms with Gasteiger partial charge in [-0.1, -0.05) is 18.2 Å². The number of esters is 2. The van der Waals surface area contributed by atoms with Crippen LogP contribution in [0.25, 0.3) is 0 Å². The van der Waals surface area contributed by atoms with E-state index in [0.29, 0.717) is 23.5 Å². The van der Waals surface area contributed by atoms with Crippen molar-refractivity contribution in [3.8, 4) is 0 Å². The Hall–Kier alpha value is -4.01. The number of ether oxygens (including phenoxy) is 2. The average molecular weight is 452 g/mol. The number of nitro benzene ring substituents is 1. The molecule has 0 fully saturated rings. The number of nitrogens with one attached hydrogen (secondary N) is 1. The van der Waals surface area contributed by atoms with E-state index in [0.717, 1.165) is 0 Å². The largest absolute Gasteiger partial charge is 0.463 e. The molecule has 1 atom stereocenters. The Balaban J connectivity index is 2.24. The van der Waals surface area contributed by atoms with Gasteiger partial charge < -0.3 is 14.8 Å². The lowest BCUT2D eigenvalue weighted by molar-refractivity contribution is -0.689. The number of rotatable bonds is 8. The lowest BCUT2D eigenvalue weighted by atomic mass is 9.80. The molecule has 2 heterocycles. The number of non-ortho nitro benzene ring substituents is 1. The van der Waals surface area contributed by atoms with Crippen LogP contribution in [0.1, 0.15) is 32.3 Å². The topological polar surface area (TPSA) is 112 Å². The van der Waals surface area contributed by atoms with E-state index in [4.69, 9.17) is 9.47 Å². The molecule has 172 valence electrons. The first-order valence-electron chi connectivity index (χ1n) is 10.6. The first-order valence-corrected chi connectivity index (χ1v) is 10.6. The molecule has 0 aliphatic carbocycles. The predicted molar refractivity (Wildman–Crippen MR) is 119 cm³/mol. The van der Waals surface area contributed by atoms with Crippen molar-refractivity contribution in [3.05, 3.63) is 93.1 Å². The second kappa shape index (κ2) is 10.5. The fraction of sp³-hybridized carbons (Fsp3) is 0.292. The normalized spacial score (nSPS) is 15.7. The number of aromatic nitrogens is 1. The van der Waals surface area contributed by atoms with Gasteiger partial charge in [-0.3, -0.25) is 10.1 Å². The first-order chi connectivity index (χ1) is 15.9. The van der Waals surface area contributed by atoms with Crippen LogP contribution in [0.4, 0.5) is 5.69 Å². The Morgan fingerprint density at radius 1 is 1.03 bits per heavy atom. The molecular weight excluding hydrogens is 426 g/mol. The van der Waals surface area contributed by atoms with Gasteiger partial charge >= 0.3 is 11.9 Å². The number of pyridine rings is 1. The zero-order valence-corrected chi connectivity index (χ0v) is 18.7. The summed E-state index contributed by atoms with van der Waals surface area (Å²) in [5.41, 5.74) is 1.74. The number of nitrogens with zero attached hydrogens (tertiary/aromatic N) is 2. The lowest BCUT2D eigenvalue weighted by Gasteiger charge is -2.30. The van der Waals surface area contributed by atoms with Crippen molar-refractivity contribution in [1.82, 2.24) is 5.32 Å². The molecule has 1 aromatic heterocycles. The zero-order chi connectivity index (χ0) is 24.0. The Kier molecular flexibility index (Phi) is 7.55. The number of nitro groups is 1. The van der Waals surface area contributed by atoms with Gasteiger partial charge in [0.1, 0.15) is 0 Å². The molecule has 0 bridgehead atoms. The maximum absolute atomic E-state index is 13.2. The first kappa shape index (κ1) is 23.6. The minimum absolute atomic E-state index is 0.132. The highest BCUT2D eigenvalue weighted by molar-refractivity contribution is 6.00. The summed E-state index contributed by atoms with van der Waals surface area (Å²) < 4.78 is 12.5. The van der Waals surface area contributed by atoms with Gasteiger partial charge in [-0.2, -0.15) is 4.57 Å². The maximum Gasteiger partial charge on any atom is 0.337 e. The van der Waals surface area contributed by atoms with Crippen LogP contribution in [0.3, 0.4) is 0 Å². The molecule has 1 unspecified atom stereocenters. The van der Waals surface area contributed by atoms with E-state index in [1.807, 2.05) is 35.2 Å². The second-order valence-corrected chi connectivity index (χ2v) is 7.33. The van der Waals surface area contributed by atoms with E-state index in [9.17, 15) is 19.7 Å². The highest BCUT2D eigenvalue weighted by Gasteiger charge is 2.40. The minimum Gasteiger partial charge on any atom is -0.463 e. The smallest absolute Gasteiger partial charge is 0.337 e. The Morgan fingerprint density at radius 3 is 2.27 bits per heavy atom. The molecule has 0 spiro atoms. The fourth-order valence-electron chi connectivity index (χ4n) is 3.82. The molecule has 33 heavy (non-hydrogen) atoms. The molecule has 9 heteroatoms. The van der Waals surface area contributed by atoms with Crippen LogP contribution >= 0.6 is 0 Å². The quantitative estimate of drug-likeness (QED) is 0.284. The number of hydrogen-bond acceptors (Lipinski definition) is 7. The van der Waals surface area contributed by atoms with E-state index >= 15 is 0 Å². The fourth-order valence-corrected chi connectivity index (χ4v) is 3.82. The second-order valence-electron chi connectivity index (χ2n) is 7.33. The van der Waals surface area contributed by atoms with Gasteiger partial charge in [0.2, 0.25) is 0 Å². The minimum atomic E-state index is -0.899. The van der Waals surface area contributed by atoms with Crippen LogP contribution in [0, 0.1) is 10.1 Å². The van der Waals surface area contributed by atoms with Crippen molar-refractivity contribution in [2.24, 2.45) is 0 Å². The number of allylic oxidation sites excluding steroid dienone is 2. The van der Waals surface area contributed by atoms with Crippen molar-refractivity contribution in [1.29, 1.82) is 0 Å². The lowest BCUT2D eigenvalue weighted by Crippen LogP contribution is -2.41. The van der Waals surface area contributed by atoms with Crippen LogP contribution in [0.15, 0.2) is 77.4 Å². The van der Waals surface area contributed by atoms with Crippen LogP contribution in [-0.2, 0) is 25.6 Å². The van der Waals surface area contributed by atoms with Crippen molar-refractivity contribution in [3.63, 3.8) is 0 Å². The maximum atomic E-state index is 13.2. The van der Waals surface area contributed by atoms with Crippen LogP contribution in [0.5, 0.6) is 0 Å². The number of hydrogen-bond donors (Lipinski definition) is 1. The van der Waals surface area contributed by atoms with Crippen LogP contribution in [0.2, 0.25) is 0 Å². The van der Waals surface area contributed by atoms with E-state index in [1.165, 1.54) is 18.2 Å². The number of benzene rings is 1. The van der Waals surface area contributed by atoms with Gasteiger partial charge in [0.05, 0.1) is 40.9 Å². The third-order valence-corrected chi connectivity index (χ3v) is 5.17. The molecule has 0 saturated carbocycles. The van der Waals surface area contributed by atoms with Crippen molar-refractivity contribution < 1.29 is 28.6 Å². The van der Waals surface area contributed by atoms with E-state index in [2.05, 4.69) is 5.32 Å². The van der Waals surface area contributed by atoms with E-state index < -0.39 is 22.8 Å². The highest BCUT2D eigenvalue weighted by Crippen LogP contribution is 2.40. The summed E-state index contributed by atoms with van der Waals surface area (Å²) in [5, 5.41) is 14.6. The van der Waals surface area contributed by atoms with Gasteiger partial charge in [0, 0.05) is 30.0 Å². The molecule has 3 rings (SSSR count). The SMILES string of the molecule is CCOC(=O)C1=C(C)NC(C[n+]2ccccc2)=C(C(=O)OCC)C1c1cccc([N+](=O)[O-])c1. The third kappa shape index (κ3) is 5.25. The summed E-state index contributed by atoms with van der Waals surface area (Å²) in [6, 6.07) is 11.5. The van der Waals surface area contributed by atoms with Gasteiger partial charge in [-0.25, -0.2) is 9.59 Å². The molecule has 9 nitrogen and oxygen atoms in total. The molecule has 1 aliphatic rings. The molecule has 1 aromatic carbocycles. The van der Waals surface area contributed by atoms with Gasteiger partial charge in [0.15, 0.2) is 18.9 Å².